The fourth-order valence-corrected chi connectivity index (χ4v) is 3.55. The second-order valence-corrected chi connectivity index (χ2v) is 8.16. The van der Waals surface area contributed by atoms with Crippen molar-refractivity contribution in [3.63, 3.8) is 0 Å². The number of carbonyl (C=O) groups is 1. The molecular weight excluding hydrogens is 343 g/mol. The average Bonchev–Trinajstić information content (AvgIpc) is 2.98. The lowest BCUT2D eigenvalue weighted by Gasteiger charge is -2.32. The van der Waals surface area contributed by atoms with Gasteiger partial charge in [-0.25, -0.2) is 0 Å². The summed E-state index contributed by atoms with van der Waals surface area (Å²) in [7, 11) is 1.06. The van der Waals surface area contributed by atoms with Crippen LogP contribution in [0.2, 0.25) is 0 Å². The standard InChI is InChI=1S/C20H23BN2O4/c1-18(2)19(3,4)27-21(26-18)14-9-6-8-13(12-14)20(25)16-15(10-7-11-22-16)23(5)17(20)24/h6-12,25H,1-5H3/t20-/m0/s1. The summed E-state index contributed by atoms with van der Waals surface area (Å²) in [6.45, 7) is 7.94. The fraction of sp³-hybridized carbons (Fsp3) is 0.400. The van der Waals surface area contributed by atoms with Gasteiger partial charge in [-0.05, 0) is 50.9 Å². The van der Waals surface area contributed by atoms with E-state index in [0.717, 1.165) is 5.46 Å². The first-order valence-corrected chi connectivity index (χ1v) is 9.00. The molecule has 140 valence electrons. The highest BCUT2D eigenvalue weighted by Gasteiger charge is 2.54. The molecule has 0 radical (unpaired) electrons. The van der Waals surface area contributed by atoms with E-state index < -0.39 is 29.8 Å². The molecule has 2 aliphatic heterocycles. The predicted octanol–water partition coefficient (Wildman–Crippen LogP) is 1.59. The van der Waals surface area contributed by atoms with E-state index in [4.69, 9.17) is 9.31 Å². The van der Waals surface area contributed by atoms with Gasteiger partial charge in [0.25, 0.3) is 5.91 Å². The number of hydrogen-bond acceptors (Lipinski definition) is 5. The second kappa shape index (κ2) is 5.64. The van der Waals surface area contributed by atoms with Crippen molar-refractivity contribution >= 4 is 24.2 Å². The summed E-state index contributed by atoms with van der Waals surface area (Å²) in [5.41, 5.74) is -0.632. The molecule has 4 rings (SSSR count). The lowest BCUT2D eigenvalue weighted by Crippen LogP contribution is -2.41. The molecule has 1 saturated heterocycles. The van der Waals surface area contributed by atoms with Crippen LogP contribution in [0.4, 0.5) is 5.69 Å². The molecular formula is C20H23BN2O4. The fourth-order valence-electron chi connectivity index (χ4n) is 3.55. The molecule has 2 aromatic rings. The molecule has 6 nitrogen and oxygen atoms in total. The van der Waals surface area contributed by atoms with E-state index in [1.54, 1.807) is 43.6 Å². The third kappa shape index (κ3) is 2.46. The highest BCUT2D eigenvalue weighted by Crippen LogP contribution is 2.42. The third-order valence-corrected chi connectivity index (χ3v) is 5.93. The number of hydrogen-bond donors (Lipinski definition) is 1. The molecule has 0 bridgehead atoms. The van der Waals surface area contributed by atoms with Gasteiger partial charge in [0.2, 0.25) is 5.60 Å². The first-order chi connectivity index (χ1) is 12.6. The van der Waals surface area contributed by atoms with E-state index in [0.29, 0.717) is 16.9 Å². The smallest absolute Gasteiger partial charge is 0.399 e. The Balaban J connectivity index is 1.77. The summed E-state index contributed by atoms with van der Waals surface area (Å²) in [5, 5.41) is 11.4. The zero-order valence-electron chi connectivity index (χ0n) is 16.2. The van der Waals surface area contributed by atoms with Crippen molar-refractivity contribution in [1.29, 1.82) is 0 Å². The molecule has 1 aromatic carbocycles. The third-order valence-electron chi connectivity index (χ3n) is 5.93. The Hall–Kier alpha value is -2.22. The molecule has 3 heterocycles. The van der Waals surface area contributed by atoms with Crippen LogP contribution < -0.4 is 10.4 Å². The molecule has 1 fully saturated rings. The van der Waals surface area contributed by atoms with Crippen LogP contribution in [-0.2, 0) is 19.7 Å². The topological polar surface area (TPSA) is 71.9 Å². The van der Waals surface area contributed by atoms with Crippen molar-refractivity contribution in [2.24, 2.45) is 0 Å². The Morgan fingerprint density at radius 3 is 2.41 bits per heavy atom. The van der Waals surface area contributed by atoms with Gasteiger partial charge in [0, 0.05) is 13.2 Å². The van der Waals surface area contributed by atoms with Crippen molar-refractivity contribution in [2.75, 3.05) is 11.9 Å². The van der Waals surface area contributed by atoms with Crippen LogP contribution in [-0.4, -0.2) is 41.4 Å². The number of pyridine rings is 1. The van der Waals surface area contributed by atoms with Crippen molar-refractivity contribution in [1.82, 2.24) is 4.98 Å². The lowest BCUT2D eigenvalue weighted by molar-refractivity contribution is -0.132. The molecule has 2 aliphatic rings. The molecule has 0 unspecified atom stereocenters. The quantitative estimate of drug-likeness (QED) is 0.818. The zero-order chi connectivity index (χ0) is 19.6. The van der Waals surface area contributed by atoms with Crippen LogP contribution in [0.5, 0.6) is 0 Å². The molecule has 27 heavy (non-hydrogen) atoms. The van der Waals surface area contributed by atoms with Crippen molar-refractivity contribution in [3.8, 4) is 0 Å². The minimum Gasteiger partial charge on any atom is -0.399 e. The number of rotatable bonds is 2. The Bertz CT molecular complexity index is 914. The number of carbonyl (C=O) groups excluding carboxylic acids is 1. The highest BCUT2D eigenvalue weighted by molar-refractivity contribution is 6.62. The number of likely N-dealkylation sites (N-methyl/N-ethyl adjacent to an activating group) is 1. The van der Waals surface area contributed by atoms with E-state index in [1.165, 1.54) is 4.90 Å². The monoisotopic (exact) mass is 366 g/mol. The summed E-state index contributed by atoms with van der Waals surface area (Å²) in [6.07, 6.45) is 1.58. The van der Waals surface area contributed by atoms with Crippen LogP contribution in [0.25, 0.3) is 0 Å². The minimum absolute atomic E-state index is 0.337. The Kier molecular flexibility index (Phi) is 3.79. The van der Waals surface area contributed by atoms with Gasteiger partial charge in [-0.15, -0.1) is 0 Å². The summed E-state index contributed by atoms with van der Waals surface area (Å²) in [5.74, 6) is -0.428. The van der Waals surface area contributed by atoms with E-state index in [9.17, 15) is 9.90 Å². The molecule has 0 saturated carbocycles. The van der Waals surface area contributed by atoms with Gasteiger partial charge in [0.1, 0.15) is 5.69 Å². The molecule has 1 atom stereocenters. The molecule has 1 aromatic heterocycles. The number of nitrogens with zero attached hydrogens (tertiary/aromatic N) is 2. The number of fused-ring (bicyclic) bond motifs is 1. The van der Waals surface area contributed by atoms with E-state index in [-0.39, 0.29) is 0 Å². The summed E-state index contributed by atoms with van der Waals surface area (Å²) < 4.78 is 12.2. The number of anilines is 1. The van der Waals surface area contributed by atoms with Gasteiger partial charge in [-0.3, -0.25) is 9.78 Å². The van der Waals surface area contributed by atoms with E-state index in [1.807, 2.05) is 33.8 Å². The van der Waals surface area contributed by atoms with Crippen LogP contribution in [0.3, 0.4) is 0 Å². The largest absolute Gasteiger partial charge is 0.494 e. The molecule has 1 amide bonds. The van der Waals surface area contributed by atoms with Gasteiger partial charge in [-0.2, -0.15) is 0 Å². The van der Waals surface area contributed by atoms with Gasteiger partial charge >= 0.3 is 7.12 Å². The van der Waals surface area contributed by atoms with Crippen LogP contribution in [0.15, 0.2) is 42.6 Å². The second-order valence-electron chi connectivity index (χ2n) is 8.16. The first-order valence-electron chi connectivity index (χ1n) is 9.00. The van der Waals surface area contributed by atoms with Crippen LogP contribution >= 0.6 is 0 Å². The van der Waals surface area contributed by atoms with Gasteiger partial charge < -0.3 is 19.3 Å². The molecule has 0 aliphatic carbocycles. The highest BCUT2D eigenvalue weighted by atomic mass is 16.7. The SMILES string of the molecule is CN1C(=O)[C@](O)(c2cccc(B3OC(C)(C)C(C)(C)O3)c2)c2ncccc21. The Morgan fingerprint density at radius 1 is 1.07 bits per heavy atom. The maximum absolute atomic E-state index is 12.9. The maximum Gasteiger partial charge on any atom is 0.494 e. The van der Waals surface area contributed by atoms with Gasteiger partial charge in [-0.1, -0.05) is 24.3 Å². The predicted molar refractivity (Wildman–Crippen MR) is 103 cm³/mol. The average molecular weight is 366 g/mol. The summed E-state index contributed by atoms with van der Waals surface area (Å²) >= 11 is 0. The van der Waals surface area contributed by atoms with Crippen molar-refractivity contribution < 1.29 is 19.2 Å². The van der Waals surface area contributed by atoms with Gasteiger partial charge in [0.15, 0.2) is 0 Å². The summed E-state index contributed by atoms with van der Waals surface area (Å²) in [6, 6.07) is 10.7. The van der Waals surface area contributed by atoms with Gasteiger partial charge in [0.05, 0.1) is 16.9 Å². The normalized spacial score (nSPS) is 25.8. The minimum atomic E-state index is -1.83. The number of amides is 1. The van der Waals surface area contributed by atoms with Crippen molar-refractivity contribution in [3.05, 3.63) is 53.9 Å². The summed E-state index contributed by atoms with van der Waals surface area (Å²) in [4.78, 5) is 18.6. The maximum atomic E-state index is 12.9. The molecule has 7 heteroatoms. The van der Waals surface area contributed by atoms with Crippen molar-refractivity contribution in [2.45, 2.75) is 44.5 Å². The molecule has 1 N–H and O–H groups in total. The van der Waals surface area contributed by atoms with Crippen LogP contribution in [0, 0.1) is 0 Å². The lowest BCUT2D eigenvalue weighted by atomic mass is 9.76. The number of aromatic nitrogens is 1. The zero-order valence-corrected chi connectivity index (χ0v) is 16.2. The Labute approximate surface area is 159 Å². The Morgan fingerprint density at radius 2 is 1.74 bits per heavy atom. The van der Waals surface area contributed by atoms with Crippen LogP contribution in [0.1, 0.15) is 39.0 Å². The van der Waals surface area contributed by atoms with E-state index >= 15 is 0 Å². The first kappa shape index (κ1) is 18.2. The van der Waals surface area contributed by atoms with E-state index in [2.05, 4.69) is 4.98 Å². The number of benzene rings is 1. The number of aliphatic hydroxyl groups is 1. The molecule has 0 spiro atoms.